The fourth-order valence-corrected chi connectivity index (χ4v) is 4.25. The van der Waals surface area contributed by atoms with Crippen molar-refractivity contribution < 1.29 is 23.5 Å². The number of methoxy groups -OCH3 is 1. The number of hydrogen-bond acceptors (Lipinski definition) is 7. The van der Waals surface area contributed by atoms with Gasteiger partial charge in [0.15, 0.2) is 0 Å². The van der Waals surface area contributed by atoms with Gasteiger partial charge in [0.1, 0.15) is 22.1 Å². The Labute approximate surface area is 182 Å². The minimum atomic E-state index is -0.561. The Morgan fingerprint density at radius 2 is 1.97 bits per heavy atom. The monoisotopic (exact) mass is 436 g/mol. The molecule has 0 saturated heterocycles. The van der Waals surface area contributed by atoms with Crippen LogP contribution >= 0.6 is 11.3 Å². The summed E-state index contributed by atoms with van der Waals surface area (Å²) >= 11 is 1.40. The number of nitrogens with one attached hydrogen (secondary N) is 1. The molecule has 4 rings (SSSR count). The van der Waals surface area contributed by atoms with Crippen LogP contribution in [0.4, 0.5) is 5.88 Å². The van der Waals surface area contributed by atoms with E-state index in [4.69, 9.17) is 13.9 Å². The molecule has 0 aliphatic heterocycles. The van der Waals surface area contributed by atoms with Gasteiger partial charge in [0.25, 0.3) is 5.91 Å². The Kier molecular flexibility index (Phi) is 5.73. The molecule has 158 valence electrons. The molecule has 0 aliphatic carbocycles. The quantitative estimate of drug-likeness (QED) is 0.412. The summed E-state index contributed by atoms with van der Waals surface area (Å²) in [4.78, 5) is 30.1. The summed E-state index contributed by atoms with van der Waals surface area (Å²) in [7, 11) is 1.30. The zero-order valence-corrected chi connectivity index (χ0v) is 18.0. The highest BCUT2D eigenvalue weighted by atomic mass is 32.1. The van der Waals surface area contributed by atoms with E-state index in [9.17, 15) is 9.59 Å². The number of para-hydroxylation sites is 1. The van der Waals surface area contributed by atoms with Gasteiger partial charge >= 0.3 is 5.97 Å². The number of rotatable bonds is 6. The van der Waals surface area contributed by atoms with E-state index in [1.807, 2.05) is 31.2 Å². The standard InChI is InChI=1S/C23H20N2O5S/c1-4-29-15-9-7-8-14(12-15)20(26)25-21-19(18(13(2)30-21)23(27)28-3)22-24-16-10-5-6-11-17(16)31-22/h5-12H,4H2,1-3H3,(H,25,26). The minimum Gasteiger partial charge on any atom is -0.494 e. The number of carbonyl (C=O) groups is 2. The zero-order chi connectivity index (χ0) is 22.0. The molecule has 2 aromatic carbocycles. The Hall–Kier alpha value is -3.65. The first kappa shape index (κ1) is 20.6. The van der Waals surface area contributed by atoms with Crippen molar-refractivity contribution in [3.05, 3.63) is 65.4 Å². The van der Waals surface area contributed by atoms with E-state index in [1.54, 1.807) is 31.2 Å². The summed E-state index contributed by atoms with van der Waals surface area (Å²) in [6.45, 7) is 4.01. The number of ether oxygens (including phenoxy) is 2. The molecule has 0 aliphatic rings. The number of nitrogens with zero attached hydrogens (tertiary/aromatic N) is 1. The summed E-state index contributed by atoms with van der Waals surface area (Å²) in [5.41, 5.74) is 1.83. The number of hydrogen-bond donors (Lipinski definition) is 1. The van der Waals surface area contributed by atoms with Gasteiger partial charge in [-0.1, -0.05) is 18.2 Å². The van der Waals surface area contributed by atoms with Crippen LogP contribution in [0.5, 0.6) is 5.75 Å². The van der Waals surface area contributed by atoms with Gasteiger partial charge in [-0.3, -0.25) is 10.1 Å². The predicted octanol–water partition coefficient (Wildman–Crippen LogP) is 5.30. The number of benzene rings is 2. The second-order valence-electron chi connectivity index (χ2n) is 6.63. The Balaban J connectivity index is 1.78. The SMILES string of the molecule is CCOc1cccc(C(=O)Nc2oc(C)c(C(=O)OC)c2-c2nc3ccccc3s2)c1. The van der Waals surface area contributed by atoms with Crippen LogP contribution in [0.3, 0.4) is 0 Å². The van der Waals surface area contributed by atoms with E-state index in [1.165, 1.54) is 18.4 Å². The molecule has 0 fully saturated rings. The number of furan rings is 1. The van der Waals surface area contributed by atoms with E-state index >= 15 is 0 Å². The number of aryl methyl sites for hydroxylation is 1. The summed E-state index contributed by atoms with van der Waals surface area (Å²) in [5.74, 6) is 0.110. The highest BCUT2D eigenvalue weighted by molar-refractivity contribution is 7.21. The van der Waals surface area contributed by atoms with Crippen LogP contribution < -0.4 is 10.1 Å². The van der Waals surface area contributed by atoms with Crippen LogP contribution in [0.2, 0.25) is 0 Å². The third-order valence-corrected chi connectivity index (χ3v) is 5.67. The number of carbonyl (C=O) groups excluding carboxylic acids is 2. The van der Waals surface area contributed by atoms with E-state index in [0.717, 1.165) is 10.2 Å². The van der Waals surface area contributed by atoms with Crippen molar-refractivity contribution in [1.82, 2.24) is 4.98 Å². The molecule has 4 aromatic rings. The van der Waals surface area contributed by atoms with E-state index in [-0.39, 0.29) is 11.4 Å². The molecule has 7 nitrogen and oxygen atoms in total. The Bertz CT molecular complexity index is 1240. The molecule has 1 N–H and O–H groups in total. The molecule has 2 heterocycles. The van der Waals surface area contributed by atoms with Crippen molar-refractivity contribution in [1.29, 1.82) is 0 Å². The van der Waals surface area contributed by atoms with Crippen LogP contribution in [0.25, 0.3) is 20.8 Å². The van der Waals surface area contributed by atoms with Gasteiger partial charge in [0.2, 0.25) is 5.88 Å². The number of thiazole rings is 1. The maximum Gasteiger partial charge on any atom is 0.342 e. The molecule has 0 spiro atoms. The molecular formula is C23H20N2O5S. The van der Waals surface area contributed by atoms with Crippen molar-refractivity contribution in [3.63, 3.8) is 0 Å². The number of amides is 1. The number of aromatic nitrogens is 1. The first-order valence-corrected chi connectivity index (χ1v) is 10.4. The Morgan fingerprint density at radius 1 is 1.16 bits per heavy atom. The largest absolute Gasteiger partial charge is 0.494 e. The van der Waals surface area contributed by atoms with E-state index in [0.29, 0.717) is 34.3 Å². The molecular weight excluding hydrogens is 416 g/mol. The lowest BCUT2D eigenvalue weighted by molar-refractivity contribution is 0.0599. The van der Waals surface area contributed by atoms with Crippen LogP contribution in [0.1, 0.15) is 33.4 Å². The average Bonchev–Trinajstić information content (AvgIpc) is 3.33. The fraction of sp³-hybridized carbons (Fsp3) is 0.174. The molecule has 0 radical (unpaired) electrons. The first-order chi connectivity index (χ1) is 15.0. The average molecular weight is 436 g/mol. The smallest absolute Gasteiger partial charge is 0.342 e. The van der Waals surface area contributed by atoms with Crippen molar-refractivity contribution >= 4 is 39.3 Å². The molecule has 1 amide bonds. The number of esters is 1. The molecule has 0 atom stereocenters. The second-order valence-corrected chi connectivity index (χ2v) is 7.66. The lowest BCUT2D eigenvalue weighted by Crippen LogP contribution is -2.12. The zero-order valence-electron chi connectivity index (χ0n) is 17.2. The maximum atomic E-state index is 12.9. The van der Waals surface area contributed by atoms with Crippen LogP contribution in [-0.4, -0.2) is 30.6 Å². The van der Waals surface area contributed by atoms with Crippen molar-refractivity contribution in [3.8, 4) is 16.3 Å². The van der Waals surface area contributed by atoms with Gasteiger partial charge in [0.05, 0.1) is 29.5 Å². The van der Waals surface area contributed by atoms with Gasteiger partial charge in [0, 0.05) is 5.56 Å². The topological polar surface area (TPSA) is 90.7 Å². The second kappa shape index (κ2) is 8.61. The summed E-state index contributed by atoms with van der Waals surface area (Å²) < 4.78 is 17.2. The normalized spacial score (nSPS) is 10.8. The molecule has 0 saturated carbocycles. The van der Waals surface area contributed by atoms with Crippen LogP contribution in [-0.2, 0) is 4.74 Å². The number of anilines is 1. The van der Waals surface area contributed by atoms with Crippen LogP contribution in [0, 0.1) is 6.92 Å². The lowest BCUT2D eigenvalue weighted by atomic mass is 10.1. The summed E-state index contributed by atoms with van der Waals surface area (Å²) in [5, 5.41) is 3.33. The maximum absolute atomic E-state index is 12.9. The van der Waals surface area contributed by atoms with Crippen molar-refractivity contribution in [2.75, 3.05) is 19.0 Å². The van der Waals surface area contributed by atoms with Gasteiger partial charge < -0.3 is 13.9 Å². The molecule has 31 heavy (non-hydrogen) atoms. The third-order valence-electron chi connectivity index (χ3n) is 4.62. The molecule has 0 bridgehead atoms. The van der Waals surface area contributed by atoms with Crippen molar-refractivity contribution in [2.24, 2.45) is 0 Å². The minimum absolute atomic E-state index is 0.142. The van der Waals surface area contributed by atoms with Crippen LogP contribution in [0.15, 0.2) is 52.9 Å². The van der Waals surface area contributed by atoms with Crippen molar-refractivity contribution in [2.45, 2.75) is 13.8 Å². The van der Waals surface area contributed by atoms with E-state index in [2.05, 4.69) is 10.3 Å². The molecule has 2 aromatic heterocycles. The molecule has 8 heteroatoms. The van der Waals surface area contributed by atoms with E-state index < -0.39 is 11.9 Å². The fourth-order valence-electron chi connectivity index (χ4n) is 3.23. The highest BCUT2D eigenvalue weighted by Gasteiger charge is 2.29. The predicted molar refractivity (Wildman–Crippen MR) is 119 cm³/mol. The first-order valence-electron chi connectivity index (χ1n) is 9.63. The summed E-state index contributed by atoms with van der Waals surface area (Å²) in [6.07, 6.45) is 0. The van der Waals surface area contributed by atoms with Gasteiger partial charge in [-0.05, 0) is 44.2 Å². The number of fused-ring (bicyclic) bond motifs is 1. The highest BCUT2D eigenvalue weighted by Crippen LogP contribution is 2.40. The molecule has 0 unspecified atom stereocenters. The Morgan fingerprint density at radius 3 is 2.71 bits per heavy atom. The third kappa shape index (κ3) is 4.02. The summed E-state index contributed by atoms with van der Waals surface area (Å²) in [6, 6.07) is 14.5. The van der Waals surface area contributed by atoms with Gasteiger partial charge in [-0.2, -0.15) is 0 Å². The van der Waals surface area contributed by atoms with Gasteiger partial charge in [-0.15, -0.1) is 11.3 Å². The van der Waals surface area contributed by atoms with Gasteiger partial charge in [-0.25, -0.2) is 9.78 Å². The lowest BCUT2D eigenvalue weighted by Gasteiger charge is -2.07.